The highest BCUT2D eigenvalue weighted by molar-refractivity contribution is 5.80. The molecule has 1 aliphatic rings. The maximum absolute atomic E-state index is 5.38. The third kappa shape index (κ3) is 4.02. The third-order valence-corrected chi connectivity index (χ3v) is 5.34. The fourth-order valence-corrected chi connectivity index (χ4v) is 3.84. The molecule has 1 saturated carbocycles. The molecule has 2 atom stereocenters. The first-order valence-electron chi connectivity index (χ1n) is 9.69. The van der Waals surface area contributed by atoms with E-state index < -0.39 is 0 Å². The average Bonchev–Trinajstić information content (AvgIpc) is 3.16. The number of hydrogen-bond donors (Lipinski definition) is 1. The largest absolute Gasteiger partial charge is 0.384 e. The topological polar surface area (TPSA) is 72.8 Å². The summed E-state index contributed by atoms with van der Waals surface area (Å²) in [5.41, 5.74) is 4.98. The Morgan fingerprint density at radius 1 is 1.04 bits per heavy atom. The van der Waals surface area contributed by atoms with E-state index in [1.165, 1.54) is 24.7 Å². The highest BCUT2D eigenvalue weighted by Crippen LogP contribution is 2.32. The highest BCUT2D eigenvalue weighted by Gasteiger charge is 2.28. The van der Waals surface area contributed by atoms with Crippen molar-refractivity contribution in [3.05, 3.63) is 54.7 Å². The Morgan fingerprint density at radius 2 is 1.82 bits per heavy atom. The molecule has 0 bridgehead atoms. The average molecular weight is 375 g/mol. The van der Waals surface area contributed by atoms with E-state index in [0.717, 1.165) is 35.4 Å². The van der Waals surface area contributed by atoms with Crippen LogP contribution >= 0.6 is 0 Å². The SMILES string of the molecule is COC[C@H]1CCC[C@H]1Nc1ncc(-c2cncnc2)c(-c2ccc(C)cc2)n1. The van der Waals surface area contributed by atoms with Crippen molar-refractivity contribution in [3.63, 3.8) is 0 Å². The van der Waals surface area contributed by atoms with Gasteiger partial charge in [-0.05, 0) is 19.8 Å². The lowest BCUT2D eigenvalue weighted by Gasteiger charge is -2.21. The Morgan fingerprint density at radius 3 is 2.57 bits per heavy atom. The Kier molecular flexibility index (Phi) is 5.58. The van der Waals surface area contributed by atoms with Gasteiger partial charge in [0, 0.05) is 54.4 Å². The standard InChI is InChI=1S/C22H25N5O/c1-15-6-8-16(9-7-15)21-19(18-10-23-14-24-11-18)12-25-22(27-21)26-20-5-3-4-17(20)13-28-2/h6-12,14,17,20H,3-5,13H2,1-2H3,(H,25,26,27)/t17-,20-/m1/s1. The van der Waals surface area contributed by atoms with E-state index in [0.29, 0.717) is 17.9 Å². The van der Waals surface area contributed by atoms with Crippen LogP contribution in [0.1, 0.15) is 24.8 Å². The minimum Gasteiger partial charge on any atom is -0.384 e. The van der Waals surface area contributed by atoms with Gasteiger partial charge in [-0.3, -0.25) is 0 Å². The summed E-state index contributed by atoms with van der Waals surface area (Å²) in [5.74, 6) is 1.16. The van der Waals surface area contributed by atoms with Crippen molar-refractivity contribution in [2.75, 3.05) is 19.0 Å². The van der Waals surface area contributed by atoms with Gasteiger partial charge in [0.05, 0.1) is 12.3 Å². The van der Waals surface area contributed by atoms with Gasteiger partial charge in [0.15, 0.2) is 0 Å². The van der Waals surface area contributed by atoms with Crippen molar-refractivity contribution in [1.29, 1.82) is 0 Å². The number of nitrogens with one attached hydrogen (secondary N) is 1. The van der Waals surface area contributed by atoms with Crippen LogP contribution in [-0.4, -0.2) is 39.7 Å². The van der Waals surface area contributed by atoms with Crippen LogP contribution < -0.4 is 5.32 Å². The fourth-order valence-electron chi connectivity index (χ4n) is 3.84. The zero-order valence-electron chi connectivity index (χ0n) is 16.3. The van der Waals surface area contributed by atoms with Crippen LogP contribution in [0.4, 0.5) is 5.95 Å². The monoisotopic (exact) mass is 375 g/mol. The number of ether oxygens (including phenoxy) is 1. The smallest absolute Gasteiger partial charge is 0.223 e. The van der Waals surface area contributed by atoms with Gasteiger partial charge in [0.25, 0.3) is 0 Å². The first-order valence-corrected chi connectivity index (χ1v) is 9.69. The Labute approximate surface area is 165 Å². The second-order valence-corrected chi connectivity index (χ2v) is 7.35. The molecular formula is C22H25N5O. The molecule has 28 heavy (non-hydrogen) atoms. The van der Waals surface area contributed by atoms with E-state index in [1.807, 2.05) is 6.20 Å². The Balaban J connectivity index is 1.70. The molecule has 6 heteroatoms. The molecule has 0 aliphatic heterocycles. The summed E-state index contributed by atoms with van der Waals surface area (Å²) in [6.07, 6.45) is 10.5. The summed E-state index contributed by atoms with van der Waals surface area (Å²) in [6.45, 7) is 2.85. The molecule has 144 valence electrons. The van der Waals surface area contributed by atoms with Gasteiger partial charge >= 0.3 is 0 Å². The molecule has 1 aliphatic carbocycles. The normalized spacial score (nSPS) is 18.9. The molecule has 4 rings (SSSR count). The first-order chi connectivity index (χ1) is 13.7. The molecule has 2 aromatic heterocycles. The van der Waals surface area contributed by atoms with Crippen molar-refractivity contribution in [1.82, 2.24) is 19.9 Å². The van der Waals surface area contributed by atoms with Crippen molar-refractivity contribution in [2.24, 2.45) is 5.92 Å². The maximum Gasteiger partial charge on any atom is 0.223 e. The molecule has 3 aromatic rings. The number of nitrogens with zero attached hydrogens (tertiary/aromatic N) is 4. The summed E-state index contributed by atoms with van der Waals surface area (Å²) in [4.78, 5) is 17.8. The van der Waals surface area contributed by atoms with E-state index >= 15 is 0 Å². The van der Waals surface area contributed by atoms with Crippen LogP contribution in [0.3, 0.4) is 0 Å². The van der Waals surface area contributed by atoms with Crippen LogP contribution in [-0.2, 0) is 4.74 Å². The first kappa shape index (κ1) is 18.5. The van der Waals surface area contributed by atoms with Crippen molar-refractivity contribution < 1.29 is 4.74 Å². The van der Waals surface area contributed by atoms with Crippen LogP contribution in [0.2, 0.25) is 0 Å². The number of methoxy groups -OCH3 is 1. The van der Waals surface area contributed by atoms with Crippen LogP contribution in [0.5, 0.6) is 0 Å². The molecule has 1 aromatic carbocycles. The quantitative estimate of drug-likeness (QED) is 0.698. The summed E-state index contributed by atoms with van der Waals surface area (Å²) in [5, 5.41) is 3.54. The molecular weight excluding hydrogens is 350 g/mol. The number of rotatable bonds is 6. The van der Waals surface area contributed by atoms with Gasteiger partial charge < -0.3 is 10.1 Å². The molecule has 1 N–H and O–H groups in total. The Bertz CT molecular complexity index is 914. The van der Waals surface area contributed by atoms with Gasteiger partial charge in [-0.2, -0.15) is 0 Å². The second-order valence-electron chi connectivity index (χ2n) is 7.35. The van der Waals surface area contributed by atoms with Crippen molar-refractivity contribution in [3.8, 4) is 22.4 Å². The second kappa shape index (κ2) is 8.44. The number of anilines is 1. The summed E-state index contributed by atoms with van der Waals surface area (Å²) < 4.78 is 5.38. The lowest BCUT2D eigenvalue weighted by molar-refractivity contribution is 0.150. The molecule has 0 spiro atoms. The van der Waals surface area contributed by atoms with Gasteiger partial charge in [-0.1, -0.05) is 36.2 Å². The summed E-state index contributed by atoms with van der Waals surface area (Å²) >= 11 is 0. The van der Waals surface area contributed by atoms with E-state index in [2.05, 4.69) is 51.5 Å². The molecule has 2 heterocycles. The van der Waals surface area contributed by atoms with Gasteiger partial charge in [-0.15, -0.1) is 0 Å². The van der Waals surface area contributed by atoms with Crippen molar-refractivity contribution in [2.45, 2.75) is 32.2 Å². The molecule has 6 nitrogen and oxygen atoms in total. The number of aryl methyl sites for hydroxylation is 1. The minimum absolute atomic E-state index is 0.344. The zero-order chi connectivity index (χ0) is 19.3. The maximum atomic E-state index is 5.38. The Hall–Kier alpha value is -2.86. The van der Waals surface area contributed by atoms with Gasteiger partial charge in [0.2, 0.25) is 5.95 Å². The number of benzene rings is 1. The van der Waals surface area contributed by atoms with E-state index in [-0.39, 0.29) is 0 Å². The van der Waals surface area contributed by atoms with E-state index in [1.54, 1.807) is 19.5 Å². The predicted molar refractivity (Wildman–Crippen MR) is 110 cm³/mol. The van der Waals surface area contributed by atoms with Crippen LogP contribution in [0.25, 0.3) is 22.4 Å². The summed E-state index contributed by atoms with van der Waals surface area (Å²) in [6, 6.07) is 8.73. The highest BCUT2D eigenvalue weighted by atomic mass is 16.5. The summed E-state index contributed by atoms with van der Waals surface area (Å²) in [7, 11) is 1.76. The van der Waals surface area contributed by atoms with E-state index in [9.17, 15) is 0 Å². The fraction of sp³-hybridized carbons (Fsp3) is 0.364. The molecule has 1 fully saturated rings. The lowest BCUT2D eigenvalue weighted by atomic mass is 10.0. The predicted octanol–water partition coefficient (Wildman–Crippen LogP) is 4.14. The number of aromatic nitrogens is 4. The van der Waals surface area contributed by atoms with Gasteiger partial charge in [0.1, 0.15) is 6.33 Å². The lowest BCUT2D eigenvalue weighted by Crippen LogP contribution is -2.28. The molecule has 0 radical (unpaired) electrons. The molecule has 0 saturated heterocycles. The van der Waals surface area contributed by atoms with Crippen LogP contribution in [0, 0.1) is 12.8 Å². The van der Waals surface area contributed by atoms with Crippen LogP contribution in [0.15, 0.2) is 49.2 Å². The minimum atomic E-state index is 0.344. The molecule has 0 amide bonds. The zero-order valence-corrected chi connectivity index (χ0v) is 16.3. The van der Waals surface area contributed by atoms with Crippen molar-refractivity contribution >= 4 is 5.95 Å². The third-order valence-electron chi connectivity index (χ3n) is 5.34. The van der Waals surface area contributed by atoms with Gasteiger partial charge in [-0.25, -0.2) is 19.9 Å². The molecule has 0 unspecified atom stereocenters. The number of hydrogen-bond acceptors (Lipinski definition) is 6. The van der Waals surface area contributed by atoms with E-state index in [4.69, 9.17) is 9.72 Å².